The van der Waals surface area contributed by atoms with Gasteiger partial charge in [0.25, 0.3) is 0 Å². The highest BCUT2D eigenvalue weighted by Gasteiger charge is 2.13. The predicted molar refractivity (Wildman–Crippen MR) is 79.5 cm³/mol. The Labute approximate surface area is 125 Å². The largest absolute Gasteiger partial charge is 0.313 e. The van der Waals surface area contributed by atoms with E-state index >= 15 is 0 Å². The van der Waals surface area contributed by atoms with Crippen LogP contribution in [0.25, 0.3) is 0 Å². The van der Waals surface area contributed by atoms with Crippen LogP contribution in [0, 0.1) is 17.1 Å². The molecule has 1 rings (SSSR count). The van der Waals surface area contributed by atoms with Crippen molar-refractivity contribution in [2.24, 2.45) is 0 Å². The zero-order valence-electron chi connectivity index (χ0n) is 12.3. The highest BCUT2D eigenvalue weighted by atomic mass is 32.2. The van der Waals surface area contributed by atoms with Gasteiger partial charge in [-0.15, -0.1) is 0 Å². The molecule has 0 heterocycles. The molecule has 5 nitrogen and oxygen atoms in total. The van der Waals surface area contributed by atoms with Gasteiger partial charge >= 0.3 is 0 Å². The lowest BCUT2D eigenvalue weighted by Crippen LogP contribution is -2.32. The van der Waals surface area contributed by atoms with Gasteiger partial charge in [0.2, 0.25) is 10.0 Å². The SMILES string of the molecule is CCN(CCCNCc1cccc(C#N)c1F)S(C)(=O)=O. The highest BCUT2D eigenvalue weighted by Crippen LogP contribution is 2.11. The second-order valence-corrected chi connectivity index (χ2v) is 6.66. The minimum Gasteiger partial charge on any atom is -0.313 e. The molecular weight excluding hydrogens is 293 g/mol. The van der Waals surface area contributed by atoms with E-state index in [0.717, 1.165) is 0 Å². The molecule has 0 saturated carbocycles. The fourth-order valence-electron chi connectivity index (χ4n) is 1.96. The summed E-state index contributed by atoms with van der Waals surface area (Å²) in [5, 5.41) is 11.8. The molecule has 0 bridgehead atoms. The Morgan fingerprint density at radius 3 is 2.71 bits per heavy atom. The normalized spacial score (nSPS) is 11.6. The van der Waals surface area contributed by atoms with Crippen molar-refractivity contribution in [2.45, 2.75) is 19.9 Å². The van der Waals surface area contributed by atoms with E-state index in [4.69, 9.17) is 5.26 Å². The van der Waals surface area contributed by atoms with Crippen LogP contribution in [0.4, 0.5) is 4.39 Å². The van der Waals surface area contributed by atoms with Gasteiger partial charge in [-0.2, -0.15) is 5.26 Å². The molecule has 0 saturated heterocycles. The van der Waals surface area contributed by atoms with Gasteiger partial charge in [0.05, 0.1) is 11.8 Å². The Morgan fingerprint density at radius 1 is 1.43 bits per heavy atom. The second-order valence-electron chi connectivity index (χ2n) is 4.68. The molecule has 1 aromatic carbocycles. The molecule has 1 aromatic rings. The first-order valence-corrected chi connectivity index (χ1v) is 8.58. The van der Waals surface area contributed by atoms with Crippen molar-refractivity contribution in [3.8, 4) is 6.07 Å². The fraction of sp³-hybridized carbons (Fsp3) is 0.500. The predicted octanol–water partition coefficient (Wildman–Crippen LogP) is 1.46. The number of nitrogens with zero attached hydrogens (tertiary/aromatic N) is 2. The van der Waals surface area contributed by atoms with Crippen molar-refractivity contribution in [1.82, 2.24) is 9.62 Å². The van der Waals surface area contributed by atoms with Crippen LogP contribution in [-0.2, 0) is 16.6 Å². The summed E-state index contributed by atoms with van der Waals surface area (Å²) in [5.41, 5.74) is 0.466. The molecule has 0 amide bonds. The average Bonchev–Trinajstić information content (AvgIpc) is 2.43. The lowest BCUT2D eigenvalue weighted by atomic mass is 10.1. The molecule has 0 aliphatic rings. The van der Waals surface area contributed by atoms with Gasteiger partial charge in [0, 0.05) is 25.2 Å². The molecule has 1 N–H and O–H groups in total. The summed E-state index contributed by atoms with van der Waals surface area (Å²) < 4.78 is 37.9. The molecular formula is C14H20FN3O2S. The van der Waals surface area contributed by atoms with Crippen molar-refractivity contribution in [2.75, 3.05) is 25.9 Å². The van der Waals surface area contributed by atoms with Gasteiger partial charge in [-0.3, -0.25) is 0 Å². The lowest BCUT2D eigenvalue weighted by Gasteiger charge is -2.17. The Morgan fingerprint density at radius 2 is 2.14 bits per heavy atom. The minimum absolute atomic E-state index is 0.0311. The number of sulfonamides is 1. The number of benzene rings is 1. The maximum absolute atomic E-state index is 13.8. The third-order valence-corrected chi connectivity index (χ3v) is 4.48. The van der Waals surface area contributed by atoms with Crippen LogP contribution < -0.4 is 5.32 Å². The van der Waals surface area contributed by atoms with Gasteiger partial charge in [-0.05, 0) is 19.0 Å². The first kappa shape index (κ1) is 17.6. The van der Waals surface area contributed by atoms with Gasteiger partial charge in [-0.25, -0.2) is 17.1 Å². The Hall–Kier alpha value is -1.49. The number of halogens is 1. The van der Waals surface area contributed by atoms with Crippen LogP contribution in [0.15, 0.2) is 18.2 Å². The summed E-state index contributed by atoms with van der Waals surface area (Å²) in [6, 6.07) is 6.50. The standard InChI is InChI=1S/C14H20FN3O2S/c1-3-18(21(2,19)20)9-5-8-17-11-13-7-4-6-12(10-16)14(13)15/h4,6-7,17H,3,5,8-9,11H2,1-2H3. The number of hydrogen-bond donors (Lipinski definition) is 1. The maximum atomic E-state index is 13.8. The first-order valence-electron chi connectivity index (χ1n) is 6.73. The van der Waals surface area contributed by atoms with E-state index in [-0.39, 0.29) is 5.56 Å². The fourth-order valence-corrected chi connectivity index (χ4v) is 2.89. The van der Waals surface area contributed by atoms with E-state index in [1.54, 1.807) is 25.1 Å². The minimum atomic E-state index is -3.16. The Bertz CT molecular complexity index is 611. The second kappa shape index (κ2) is 8.08. The quantitative estimate of drug-likeness (QED) is 0.737. The summed E-state index contributed by atoms with van der Waals surface area (Å²) in [5.74, 6) is -0.501. The molecule has 116 valence electrons. The number of nitrogens with one attached hydrogen (secondary N) is 1. The smallest absolute Gasteiger partial charge is 0.211 e. The molecule has 0 aromatic heterocycles. The van der Waals surface area contributed by atoms with Crippen LogP contribution in [0.5, 0.6) is 0 Å². The monoisotopic (exact) mass is 313 g/mol. The lowest BCUT2D eigenvalue weighted by molar-refractivity contribution is 0.418. The van der Waals surface area contributed by atoms with E-state index in [0.29, 0.717) is 38.2 Å². The van der Waals surface area contributed by atoms with E-state index in [1.165, 1.54) is 16.6 Å². The Kier molecular flexibility index (Phi) is 6.75. The van der Waals surface area contributed by atoms with Gasteiger partial charge < -0.3 is 5.32 Å². The van der Waals surface area contributed by atoms with E-state index in [9.17, 15) is 12.8 Å². The third kappa shape index (κ3) is 5.42. The van der Waals surface area contributed by atoms with Crippen molar-refractivity contribution in [1.29, 1.82) is 5.26 Å². The zero-order chi connectivity index (χ0) is 15.9. The number of rotatable bonds is 8. The van der Waals surface area contributed by atoms with Crippen molar-refractivity contribution in [3.05, 3.63) is 35.1 Å². The van der Waals surface area contributed by atoms with Gasteiger partial charge in [-0.1, -0.05) is 19.1 Å². The summed E-state index contributed by atoms with van der Waals surface area (Å²) in [6.07, 6.45) is 1.83. The Balaban J connectivity index is 2.41. The van der Waals surface area contributed by atoms with Gasteiger partial charge in [0.1, 0.15) is 11.9 Å². The topological polar surface area (TPSA) is 73.2 Å². The molecule has 0 aliphatic heterocycles. The molecule has 7 heteroatoms. The molecule has 0 aliphatic carbocycles. The highest BCUT2D eigenvalue weighted by molar-refractivity contribution is 7.88. The maximum Gasteiger partial charge on any atom is 0.211 e. The van der Waals surface area contributed by atoms with Gasteiger partial charge in [0.15, 0.2) is 0 Å². The molecule has 0 fully saturated rings. The molecule has 0 radical (unpaired) electrons. The van der Waals surface area contributed by atoms with E-state index in [1.807, 2.05) is 0 Å². The zero-order valence-corrected chi connectivity index (χ0v) is 13.1. The molecule has 0 atom stereocenters. The van der Waals surface area contributed by atoms with E-state index in [2.05, 4.69) is 5.32 Å². The van der Waals surface area contributed by atoms with Crippen molar-refractivity contribution < 1.29 is 12.8 Å². The number of nitriles is 1. The average molecular weight is 313 g/mol. The van der Waals surface area contributed by atoms with Crippen LogP contribution >= 0.6 is 0 Å². The van der Waals surface area contributed by atoms with Crippen LogP contribution in [0.2, 0.25) is 0 Å². The van der Waals surface area contributed by atoms with E-state index < -0.39 is 15.8 Å². The molecule has 21 heavy (non-hydrogen) atoms. The summed E-state index contributed by atoms with van der Waals surface area (Å²) in [7, 11) is -3.16. The summed E-state index contributed by atoms with van der Waals surface area (Å²) in [4.78, 5) is 0. The number of hydrogen-bond acceptors (Lipinski definition) is 4. The van der Waals surface area contributed by atoms with Crippen LogP contribution in [0.1, 0.15) is 24.5 Å². The van der Waals surface area contributed by atoms with Crippen LogP contribution in [-0.4, -0.2) is 38.6 Å². The molecule has 0 unspecified atom stereocenters. The molecule has 0 spiro atoms. The van der Waals surface area contributed by atoms with Crippen molar-refractivity contribution >= 4 is 10.0 Å². The first-order chi connectivity index (χ1) is 9.90. The van der Waals surface area contributed by atoms with Crippen LogP contribution in [0.3, 0.4) is 0 Å². The third-order valence-electron chi connectivity index (χ3n) is 3.10. The van der Waals surface area contributed by atoms with Crippen molar-refractivity contribution in [3.63, 3.8) is 0 Å². The summed E-state index contributed by atoms with van der Waals surface area (Å²) >= 11 is 0. The summed E-state index contributed by atoms with van der Waals surface area (Å²) in [6.45, 7) is 3.55.